The number of rotatable bonds is 5. The minimum atomic E-state index is -0.627. The van der Waals surface area contributed by atoms with Crippen LogP contribution in [0.2, 0.25) is 0 Å². The molecule has 1 saturated carbocycles. The molecule has 1 aliphatic carbocycles. The molecule has 0 atom stereocenters. The van der Waals surface area contributed by atoms with E-state index < -0.39 is 11.5 Å². The summed E-state index contributed by atoms with van der Waals surface area (Å²) in [5.41, 5.74) is 1.63. The van der Waals surface area contributed by atoms with Gasteiger partial charge in [0.2, 0.25) is 0 Å². The van der Waals surface area contributed by atoms with Crippen LogP contribution in [0.25, 0.3) is 11.0 Å². The highest BCUT2D eigenvalue weighted by Crippen LogP contribution is 2.25. The number of carbonyl (C=O) groups excluding carboxylic acids is 1. The number of benzene rings is 2. The molecule has 150 valence electrons. The van der Waals surface area contributed by atoms with Crippen molar-refractivity contribution in [2.75, 3.05) is 12.4 Å². The molecule has 0 bridgehead atoms. The molecular formula is C24H26N2O3. The lowest BCUT2D eigenvalue weighted by Crippen LogP contribution is -2.33. The standard InChI is InChI=1S/C24H26N2O3/c1-26(19-11-3-2-4-12-19)16-18-10-5-7-13-21(18)25-23(27)20-15-17-9-6-8-14-22(17)29-24(20)28/h5-10,13-15,19H,2-4,11-12,16H2,1H3,(H,25,27). The van der Waals surface area contributed by atoms with Crippen LogP contribution in [-0.2, 0) is 6.54 Å². The molecule has 29 heavy (non-hydrogen) atoms. The van der Waals surface area contributed by atoms with E-state index >= 15 is 0 Å². The molecule has 2 aromatic carbocycles. The lowest BCUT2D eigenvalue weighted by Gasteiger charge is -2.31. The first-order valence-electron chi connectivity index (χ1n) is 10.2. The molecular weight excluding hydrogens is 364 g/mol. The average Bonchev–Trinajstić information content (AvgIpc) is 2.75. The molecule has 3 aromatic rings. The van der Waals surface area contributed by atoms with Gasteiger partial charge in [-0.1, -0.05) is 55.7 Å². The summed E-state index contributed by atoms with van der Waals surface area (Å²) < 4.78 is 5.30. The van der Waals surface area contributed by atoms with E-state index in [0.29, 0.717) is 11.6 Å². The van der Waals surface area contributed by atoms with Crippen molar-refractivity contribution in [1.82, 2.24) is 4.90 Å². The van der Waals surface area contributed by atoms with Crippen molar-refractivity contribution in [3.8, 4) is 0 Å². The number of fused-ring (bicyclic) bond motifs is 1. The molecule has 1 heterocycles. The summed E-state index contributed by atoms with van der Waals surface area (Å²) in [6, 6.07) is 17.1. The Labute approximate surface area is 170 Å². The van der Waals surface area contributed by atoms with Gasteiger partial charge in [-0.05, 0) is 43.7 Å². The van der Waals surface area contributed by atoms with E-state index in [1.165, 1.54) is 32.1 Å². The van der Waals surface area contributed by atoms with Gasteiger partial charge in [-0.2, -0.15) is 0 Å². The first-order valence-corrected chi connectivity index (χ1v) is 10.2. The lowest BCUT2D eigenvalue weighted by atomic mass is 9.94. The van der Waals surface area contributed by atoms with Gasteiger partial charge in [-0.25, -0.2) is 4.79 Å². The van der Waals surface area contributed by atoms with Crippen LogP contribution in [-0.4, -0.2) is 23.9 Å². The monoisotopic (exact) mass is 390 g/mol. The van der Waals surface area contributed by atoms with Crippen molar-refractivity contribution >= 4 is 22.6 Å². The van der Waals surface area contributed by atoms with E-state index in [1.54, 1.807) is 18.2 Å². The summed E-state index contributed by atoms with van der Waals surface area (Å²) in [5, 5.41) is 3.64. The van der Waals surface area contributed by atoms with Crippen molar-refractivity contribution in [1.29, 1.82) is 0 Å². The third kappa shape index (κ3) is 4.40. The summed E-state index contributed by atoms with van der Waals surface area (Å²) in [7, 11) is 2.15. The Bertz CT molecular complexity index is 1070. The highest BCUT2D eigenvalue weighted by molar-refractivity contribution is 6.05. The fourth-order valence-electron chi connectivity index (χ4n) is 4.11. The number of anilines is 1. The molecule has 0 saturated heterocycles. The van der Waals surface area contributed by atoms with Crippen LogP contribution in [0.4, 0.5) is 5.69 Å². The number of nitrogens with zero attached hydrogens (tertiary/aromatic N) is 1. The maximum Gasteiger partial charge on any atom is 0.349 e. The van der Waals surface area contributed by atoms with Crippen molar-refractivity contribution in [2.45, 2.75) is 44.7 Å². The maximum atomic E-state index is 12.8. The first-order chi connectivity index (χ1) is 14.1. The second-order valence-electron chi connectivity index (χ2n) is 7.80. The molecule has 0 spiro atoms. The predicted octanol–water partition coefficient (Wildman–Crippen LogP) is 4.81. The Morgan fingerprint density at radius 1 is 1.07 bits per heavy atom. The number of para-hydroxylation sites is 2. The second kappa shape index (κ2) is 8.62. The maximum absolute atomic E-state index is 12.8. The number of hydrogen-bond acceptors (Lipinski definition) is 4. The zero-order valence-electron chi connectivity index (χ0n) is 16.7. The minimum absolute atomic E-state index is 0.0131. The fraction of sp³-hybridized carbons (Fsp3) is 0.333. The van der Waals surface area contributed by atoms with Crippen molar-refractivity contribution in [2.24, 2.45) is 0 Å². The summed E-state index contributed by atoms with van der Waals surface area (Å²) in [5.74, 6) is -0.447. The van der Waals surface area contributed by atoms with Crippen LogP contribution >= 0.6 is 0 Å². The predicted molar refractivity (Wildman–Crippen MR) is 115 cm³/mol. The van der Waals surface area contributed by atoms with Crippen LogP contribution in [0.3, 0.4) is 0 Å². The molecule has 1 amide bonds. The smallest absolute Gasteiger partial charge is 0.349 e. The molecule has 4 rings (SSSR count). The van der Waals surface area contributed by atoms with Gasteiger partial charge < -0.3 is 9.73 Å². The average molecular weight is 390 g/mol. The zero-order chi connectivity index (χ0) is 20.2. The Balaban J connectivity index is 1.54. The molecule has 0 unspecified atom stereocenters. The summed E-state index contributed by atoms with van der Waals surface area (Å²) in [6.07, 6.45) is 6.34. The van der Waals surface area contributed by atoms with E-state index in [-0.39, 0.29) is 5.56 Å². The van der Waals surface area contributed by atoms with Crippen molar-refractivity contribution in [3.63, 3.8) is 0 Å². The molecule has 1 aliphatic rings. The highest BCUT2D eigenvalue weighted by Gasteiger charge is 2.20. The van der Waals surface area contributed by atoms with Gasteiger partial charge in [0, 0.05) is 23.7 Å². The van der Waals surface area contributed by atoms with Crippen LogP contribution in [0.15, 0.2) is 63.8 Å². The number of carbonyl (C=O) groups is 1. The van der Waals surface area contributed by atoms with Gasteiger partial charge in [0.15, 0.2) is 0 Å². The lowest BCUT2D eigenvalue weighted by molar-refractivity contribution is 0.102. The molecule has 0 radical (unpaired) electrons. The van der Waals surface area contributed by atoms with Crippen molar-refractivity contribution < 1.29 is 9.21 Å². The van der Waals surface area contributed by atoms with E-state index in [4.69, 9.17) is 4.42 Å². The largest absolute Gasteiger partial charge is 0.422 e. The van der Waals surface area contributed by atoms with Crippen molar-refractivity contribution in [3.05, 3.63) is 76.1 Å². The Hall–Kier alpha value is -2.92. The van der Waals surface area contributed by atoms with Crippen LogP contribution < -0.4 is 10.9 Å². The van der Waals surface area contributed by atoms with Crippen LogP contribution in [0.5, 0.6) is 0 Å². The highest BCUT2D eigenvalue weighted by atomic mass is 16.4. The summed E-state index contributed by atoms with van der Waals surface area (Å²) in [4.78, 5) is 27.5. The van der Waals surface area contributed by atoms with E-state index in [0.717, 1.165) is 23.2 Å². The number of nitrogens with one attached hydrogen (secondary N) is 1. The SMILES string of the molecule is CN(Cc1ccccc1NC(=O)c1cc2ccccc2oc1=O)C1CCCCC1. The van der Waals surface area contributed by atoms with Gasteiger partial charge in [-0.3, -0.25) is 9.69 Å². The molecule has 1 fully saturated rings. The fourth-order valence-corrected chi connectivity index (χ4v) is 4.11. The third-order valence-corrected chi connectivity index (χ3v) is 5.77. The van der Waals surface area contributed by atoms with Crippen LogP contribution in [0.1, 0.15) is 48.0 Å². The third-order valence-electron chi connectivity index (χ3n) is 5.77. The quantitative estimate of drug-likeness (QED) is 0.635. The summed E-state index contributed by atoms with van der Waals surface area (Å²) in [6.45, 7) is 0.757. The van der Waals surface area contributed by atoms with E-state index in [9.17, 15) is 9.59 Å². The van der Waals surface area contributed by atoms with Gasteiger partial charge in [0.1, 0.15) is 11.1 Å². The van der Waals surface area contributed by atoms with Gasteiger partial charge >= 0.3 is 5.63 Å². The van der Waals surface area contributed by atoms with Gasteiger partial charge in [0.25, 0.3) is 5.91 Å². The number of amides is 1. The van der Waals surface area contributed by atoms with E-state index in [2.05, 4.69) is 17.3 Å². The van der Waals surface area contributed by atoms with Crippen LogP contribution in [0, 0.1) is 0 Å². The second-order valence-corrected chi connectivity index (χ2v) is 7.80. The molecule has 0 aliphatic heterocycles. The Morgan fingerprint density at radius 3 is 2.62 bits per heavy atom. The normalized spacial score (nSPS) is 15.0. The molecule has 1 aromatic heterocycles. The number of hydrogen-bond donors (Lipinski definition) is 1. The Kier molecular flexibility index (Phi) is 5.76. The Morgan fingerprint density at radius 2 is 1.79 bits per heavy atom. The first kappa shape index (κ1) is 19.4. The zero-order valence-corrected chi connectivity index (χ0v) is 16.7. The molecule has 5 nitrogen and oxygen atoms in total. The molecule has 1 N–H and O–H groups in total. The summed E-state index contributed by atoms with van der Waals surface area (Å²) >= 11 is 0. The van der Waals surface area contributed by atoms with Gasteiger partial charge in [0.05, 0.1) is 0 Å². The molecule has 5 heteroatoms. The topological polar surface area (TPSA) is 62.6 Å². The van der Waals surface area contributed by atoms with E-state index in [1.807, 2.05) is 36.4 Å². The minimum Gasteiger partial charge on any atom is -0.422 e. The van der Waals surface area contributed by atoms with Gasteiger partial charge in [-0.15, -0.1) is 0 Å².